The second-order valence-corrected chi connectivity index (χ2v) is 5.11. The Labute approximate surface area is 130 Å². The number of carboxylic acids is 1. The van der Waals surface area contributed by atoms with E-state index in [1.54, 1.807) is 18.3 Å². The Morgan fingerprint density at radius 2 is 1.76 bits per heavy atom. The zero-order valence-corrected chi connectivity index (χ0v) is 12.6. The van der Waals surface area contributed by atoms with Crippen molar-refractivity contribution < 1.29 is 9.90 Å². The summed E-state index contributed by atoms with van der Waals surface area (Å²) in [6, 6.07) is 16.2. The van der Waals surface area contributed by atoms with Crippen molar-refractivity contribution in [1.82, 2.24) is 0 Å². The predicted octanol–water partition coefficient (Wildman–Crippen LogP) is 4.22. The highest BCUT2D eigenvalue weighted by Gasteiger charge is 2.00. The van der Waals surface area contributed by atoms with Crippen molar-refractivity contribution in [2.24, 2.45) is 5.10 Å². The number of hydrogen-bond acceptors (Lipinski definition) is 3. The van der Waals surface area contributed by atoms with E-state index in [0.29, 0.717) is 0 Å². The van der Waals surface area contributed by atoms with E-state index in [0.717, 1.165) is 15.7 Å². The average molecular weight is 345 g/mol. The van der Waals surface area contributed by atoms with Crippen LogP contribution in [0.25, 0.3) is 6.08 Å². The lowest BCUT2D eigenvalue weighted by Crippen LogP contribution is -1.96. The normalized spacial score (nSPS) is 11.6. The standard InChI is InChI=1S/C16H13BrN2O2/c17-14(10-12-4-2-1-3-5-12)11-18-19-15-8-6-13(7-9-15)16(20)21/h1-11,19H,(H,20,21)/b14-10?,18-11+. The lowest BCUT2D eigenvalue weighted by Gasteiger charge is -2.00. The van der Waals surface area contributed by atoms with Crippen molar-refractivity contribution in [1.29, 1.82) is 0 Å². The Bertz CT molecular complexity index is 664. The quantitative estimate of drug-likeness (QED) is 0.630. The van der Waals surface area contributed by atoms with E-state index in [-0.39, 0.29) is 5.56 Å². The topological polar surface area (TPSA) is 61.7 Å². The molecule has 5 heteroatoms. The van der Waals surface area contributed by atoms with Crippen LogP contribution in [0.1, 0.15) is 15.9 Å². The summed E-state index contributed by atoms with van der Waals surface area (Å²) in [5.41, 5.74) is 4.87. The van der Waals surface area contributed by atoms with Gasteiger partial charge in [0.15, 0.2) is 0 Å². The molecule has 0 aliphatic rings. The Balaban J connectivity index is 1.95. The van der Waals surface area contributed by atoms with Crippen molar-refractivity contribution in [3.8, 4) is 0 Å². The zero-order chi connectivity index (χ0) is 15.1. The highest BCUT2D eigenvalue weighted by molar-refractivity contribution is 9.12. The highest BCUT2D eigenvalue weighted by atomic mass is 79.9. The molecule has 0 heterocycles. The van der Waals surface area contributed by atoms with Gasteiger partial charge < -0.3 is 5.11 Å². The third-order valence-corrected chi connectivity index (χ3v) is 3.05. The summed E-state index contributed by atoms with van der Waals surface area (Å²) in [5, 5.41) is 12.9. The molecule has 0 amide bonds. The molecular weight excluding hydrogens is 332 g/mol. The van der Waals surface area contributed by atoms with Gasteiger partial charge >= 0.3 is 5.97 Å². The molecule has 2 rings (SSSR count). The lowest BCUT2D eigenvalue weighted by atomic mass is 10.2. The molecule has 0 saturated heterocycles. The Morgan fingerprint density at radius 3 is 2.38 bits per heavy atom. The SMILES string of the molecule is O=C(O)c1ccc(N/N=C/C(Br)=Cc2ccccc2)cc1. The second kappa shape index (κ2) is 7.40. The number of nitrogens with zero attached hydrogens (tertiary/aromatic N) is 1. The first-order valence-electron chi connectivity index (χ1n) is 6.20. The van der Waals surface area contributed by atoms with E-state index in [9.17, 15) is 4.79 Å². The van der Waals surface area contributed by atoms with Crippen molar-refractivity contribution in [3.05, 3.63) is 70.2 Å². The molecule has 0 spiro atoms. The first-order valence-corrected chi connectivity index (χ1v) is 6.99. The molecular formula is C16H13BrN2O2. The van der Waals surface area contributed by atoms with E-state index < -0.39 is 5.97 Å². The molecule has 106 valence electrons. The molecule has 0 fully saturated rings. The number of anilines is 1. The van der Waals surface area contributed by atoms with Crippen LogP contribution < -0.4 is 5.43 Å². The van der Waals surface area contributed by atoms with Gasteiger partial charge in [-0.2, -0.15) is 5.10 Å². The minimum absolute atomic E-state index is 0.245. The van der Waals surface area contributed by atoms with Gasteiger partial charge in [0.1, 0.15) is 0 Å². The minimum atomic E-state index is -0.946. The summed E-state index contributed by atoms with van der Waals surface area (Å²) in [4.78, 5) is 10.7. The largest absolute Gasteiger partial charge is 0.478 e. The van der Waals surface area contributed by atoms with E-state index in [2.05, 4.69) is 26.5 Å². The number of carboxylic acid groups (broad SMARTS) is 1. The second-order valence-electron chi connectivity index (χ2n) is 4.19. The number of halogens is 1. The third kappa shape index (κ3) is 4.89. The molecule has 0 atom stereocenters. The maximum atomic E-state index is 10.7. The maximum absolute atomic E-state index is 10.7. The summed E-state index contributed by atoms with van der Waals surface area (Å²) in [7, 11) is 0. The number of hydrazone groups is 1. The van der Waals surface area contributed by atoms with Crippen LogP contribution in [0, 0.1) is 0 Å². The third-order valence-electron chi connectivity index (χ3n) is 2.62. The molecule has 2 aromatic carbocycles. The molecule has 0 aliphatic heterocycles. The molecule has 0 unspecified atom stereocenters. The highest BCUT2D eigenvalue weighted by Crippen LogP contribution is 2.12. The van der Waals surface area contributed by atoms with Gasteiger partial charge in [-0.3, -0.25) is 5.43 Å². The molecule has 0 aliphatic carbocycles. The number of hydrogen-bond donors (Lipinski definition) is 2. The smallest absolute Gasteiger partial charge is 0.335 e. The Kier molecular flexibility index (Phi) is 5.29. The number of nitrogens with one attached hydrogen (secondary N) is 1. The van der Waals surface area contributed by atoms with Crippen molar-refractivity contribution >= 4 is 39.9 Å². The first-order chi connectivity index (χ1) is 10.1. The van der Waals surface area contributed by atoms with Crippen LogP contribution in [-0.4, -0.2) is 17.3 Å². The summed E-state index contributed by atoms with van der Waals surface area (Å²) >= 11 is 3.41. The molecule has 2 N–H and O–H groups in total. The first kappa shape index (κ1) is 15.0. The fourth-order valence-corrected chi connectivity index (χ4v) is 1.97. The van der Waals surface area contributed by atoms with Crippen LogP contribution >= 0.6 is 15.9 Å². The van der Waals surface area contributed by atoms with Crippen LogP contribution in [-0.2, 0) is 0 Å². The van der Waals surface area contributed by atoms with Gasteiger partial charge in [0.05, 0.1) is 17.5 Å². The van der Waals surface area contributed by atoms with Crippen LogP contribution in [0.4, 0.5) is 5.69 Å². The lowest BCUT2D eigenvalue weighted by molar-refractivity contribution is 0.0697. The van der Waals surface area contributed by atoms with Crippen LogP contribution in [0.3, 0.4) is 0 Å². The summed E-state index contributed by atoms with van der Waals surface area (Å²) in [5.74, 6) is -0.946. The van der Waals surface area contributed by atoms with Gasteiger partial charge in [-0.15, -0.1) is 0 Å². The molecule has 0 bridgehead atoms. The van der Waals surface area contributed by atoms with E-state index in [4.69, 9.17) is 5.11 Å². The fourth-order valence-electron chi connectivity index (χ4n) is 1.60. The number of benzene rings is 2. The van der Waals surface area contributed by atoms with Crippen LogP contribution in [0.15, 0.2) is 64.2 Å². The summed E-state index contributed by atoms with van der Waals surface area (Å²) in [6.45, 7) is 0. The van der Waals surface area contributed by atoms with Crippen molar-refractivity contribution in [2.75, 3.05) is 5.43 Å². The molecule has 2 aromatic rings. The molecule has 0 saturated carbocycles. The predicted molar refractivity (Wildman–Crippen MR) is 88.9 cm³/mol. The monoisotopic (exact) mass is 344 g/mol. The van der Waals surface area contributed by atoms with Gasteiger partial charge in [0.25, 0.3) is 0 Å². The maximum Gasteiger partial charge on any atom is 0.335 e. The molecule has 21 heavy (non-hydrogen) atoms. The Morgan fingerprint density at radius 1 is 1.10 bits per heavy atom. The number of allylic oxidation sites excluding steroid dienone is 1. The zero-order valence-electron chi connectivity index (χ0n) is 11.0. The van der Waals surface area contributed by atoms with Crippen molar-refractivity contribution in [2.45, 2.75) is 0 Å². The van der Waals surface area contributed by atoms with Gasteiger partial charge in [-0.25, -0.2) is 4.79 Å². The summed E-state index contributed by atoms with van der Waals surface area (Å²) < 4.78 is 0.823. The molecule has 4 nitrogen and oxygen atoms in total. The Hall–Kier alpha value is -2.40. The van der Waals surface area contributed by atoms with Gasteiger partial charge in [-0.1, -0.05) is 30.3 Å². The molecule has 0 aromatic heterocycles. The van der Waals surface area contributed by atoms with Gasteiger partial charge in [0.2, 0.25) is 0 Å². The van der Waals surface area contributed by atoms with Gasteiger partial charge in [0, 0.05) is 4.48 Å². The van der Waals surface area contributed by atoms with Crippen LogP contribution in [0.2, 0.25) is 0 Å². The fraction of sp³-hybridized carbons (Fsp3) is 0. The van der Waals surface area contributed by atoms with E-state index >= 15 is 0 Å². The number of aromatic carboxylic acids is 1. The van der Waals surface area contributed by atoms with Crippen LogP contribution in [0.5, 0.6) is 0 Å². The van der Waals surface area contributed by atoms with E-state index in [1.807, 2.05) is 36.4 Å². The minimum Gasteiger partial charge on any atom is -0.478 e. The van der Waals surface area contributed by atoms with Crippen molar-refractivity contribution in [3.63, 3.8) is 0 Å². The number of carbonyl (C=O) groups is 1. The average Bonchev–Trinajstić information content (AvgIpc) is 2.49. The van der Waals surface area contributed by atoms with Gasteiger partial charge in [-0.05, 0) is 51.8 Å². The molecule has 0 radical (unpaired) electrons. The number of rotatable bonds is 5. The van der Waals surface area contributed by atoms with E-state index in [1.165, 1.54) is 12.1 Å². The summed E-state index contributed by atoms with van der Waals surface area (Å²) in [6.07, 6.45) is 3.58.